The first-order valence-electron chi connectivity index (χ1n) is 9.59. The molecule has 3 rings (SSSR count). The van der Waals surface area contributed by atoms with E-state index >= 15 is 0 Å². The van der Waals surface area contributed by atoms with Crippen molar-refractivity contribution in [2.75, 3.05) is 20.2 Å². The quantitative estimate of drug-likeness (QED) is 0.593. The topological polar surface area (TPSA) is 58.6 Å². The maximum Gasteiger partial charge on any atom is 0.337 e. The van der Waals surface area contributed by atoms with Crippen molar-refractivity contribution in [2.45, 2.75) is 25.9 Å². The number of methoxy groups -OCH3 is 1. The number of carbonyl (C=O) groups is 2. The molecule has 1 saturated heterocycles. The van der Waals surface area contributed by atoms with Crippen LogP contribution in [0.2, 0.25) is 0 Å². The van der Waals surface area contributed by atoms with E-state index in [1.165, 1.54) is 31.6 Å². The molecule has 5 nitrogen and oxygen atoms in total. The standard InChI is InChI=1S/C23H26N2O3/c1-28-23(27)19-11-8-18(9-12-19)10-13-22(26)24-16-20-6-2-3-7-21(20)17-25-14-4-5-15-25/h2-3,6-13H,4-5,14-17H2,1H3,(H,24,26). The largest absolute Gasteiger partial charge is 0.465 e. The van der Waals surface area contributed by atoms with Crippen LogP contribution in [0, 0.1) is 0 Å². The first-order valence-corrected chi connectivity index (χ1v) is 9.59. The maximum atomic E-state index is 12.2. The number of carbonyl (C=O) groups excluding carboxylic acids is 2. The number of ether oxygens (including phenoxy) is 1. The Balaban J connectivity index is 1.54. The van der Waals surface area contributed by atoms with Gasteiger partial charge < -0.3 is 10.1 Å². The van der Waals surface area contributed by atoms with Crippen molar-refractivity contribution in [3.8, 4) is 0 Å². The highest BCUT2D eigenvalue weighted by atomic mass is 16.5. The van der Waals surface area contributed by atoms with Crippen LogP contribution in [0.3, 0.4) is 0 Å². The lowest BCUT2D eigenvalue weighted by Gasteiger charge is -2.17. The Kier molecular flexibility index (Phi) is 6.98. The van der Waals surface area contributed by atoms with Gasteiger partial charge in [-0.25, -0.2) is 4.79 Å². The lowest BCUT2D eigenvalue weighted by atomic mass is 10.1. The maximum absolute atomic E-state index is 12.2. The van der Waals surface area contributed by atoms with Crippen LogP contribution in [0.15, 0.2) is 54.6 Å². The third-order valence-electron chi connectivity index (χ3n) is 4.92. The lowest BCUT2D eigenvalue weighted by Crippen LogP contribution is -2.23. The normalized spacial score (nSPS) is 14.3. The molecule has 2 aromatic rings. The number of likely N-dealkylation sites (tertiary alicyclic amines) is 1. The molecule has 1 amide bonds. The minimum atomic E-state index is -0.374. The summed E-state index contributed by atoms with van der Waals surface area (Å²) in [5, 5.41) is 2.95. The predicted octanol–water partition coefficient (Wildman–Crippen LogP) is 3.40. The summed E-state index contributed by atoms with van der Waals surface area (Å²) in [5.41, 5.74) is 3.75. The van der Waals surface area contributed by atoms with Crippen molar-refractivity contribution < 1.29 is 14.3 Å². The van der Waals surface area contributed by atoms with E-state index in [0.29, 0.717) is 12.1 Å². The summed E-state index contributed by atoms with van der Waals surface area (Å²) in [5.74, 6) is -0.520. The molecule has 2 aromatic carbocycles. The number of amides is 1. The molecule has 0 spiro atoms. The van der Waals surface area contributed by atoms with Gasteiger partial charge >= 0.3 is 5.97 Å². The van der Waals surface area contributed by atoms with Crippen LogP contribution in [0.25, 0.3) is 6.08 Å². The predicted molar refractivity (Wildman–Crippen MR) is 110 cm³/mol. The molecule has 0 unspecified atom stereocenters. The molecule has 1 N–H and O–H groups in total. The molecule has 0 radical (unpaired) electrons. The Hall–Kier alpha value is -2.92. The zero-order valence-corrected chi connectivity index (χ0v) is 16.2. The van der Waals surface area contributed by atoms with Gasteiger partial charge in [0.25, 0.3) is 0 Å². The van der Waals surface area contributed by atoms with E-state index < -0.39 is 0 Å². The highest BCUT2D eigenvalue weighted by molar-refractivity contribution is 5.92. The summed E-state index contributed by atoms with van der Waals surface area (Å²) in [4.78, 5) is 26.1. The first kappa shape index (κ1) is 19.8. The summed E-state index contributed by atoms with van der Waals surface area (Å²) in [6.07, 6.45) is 5.78. The van der Waals surface area contributed by atoms with Crippen molar-refractivity contribution in [1.82, 2.24) is 10.2 Å². The minimum Gasteiger partial charge on any atom is -0.465 e. The molecule has 146 valence electrons. The Morgan fingerprint density at radius 3 is 2.39 bits per heavy atom. The molecule has 1 fully saturated rings. The highest BCUT2D eigenvalue weighted by Crippen LogP contribution is 2.16. The molecular formula is C23H26N2O3. The van der Waals surface area contributed by atoms with Crippen LogP contribution in [0.5, 0.6) is 0 Å². The van der Waals surface area contributed by atoms with Gasteiger partial charge in [-0.3, -0.25) is 9.69 Å². The van der Waals surface area contributed by atoms with E-state index in [9.17, 15) is 9.59 Å². The van der Waals surface area contributed by atoms with Crippen LogP contribution >= 0.6 is 0 Å². The summed E-state index contributed by atoms with van der Waals surface area (Å²) in [6, 6.07) is 15.2. The second kappa shape index (κ2) is 9.85. The van der Waals surface area contributed by atoms with Crippen molar-refractivity contribution in [3.63, 3.8) is 0 Å². The van der Waals surface area contributed by atoms with E-state index in [1.807, 2.05) is 6.07 Å². The third-order valence-corrected chi connectivity index (χ3v) is 4.92. The van der Waals surface area contributed by atoms with E-state index in [4.69, 9.17) is 0 Å². The number of hydrogen-bond acceptors (Lipinski definition) is 4. The summed E-state index contributed by atoms with van der Waals surface area (Å²) in [7, 11) is 1.35. The van der Waals surface area contributed by atoms with Crippen LogP contribution in [0.1, 0.15) is 39.9 Å². The fourth-order valence-electron chi connectivity index (χ4n) is 3.33. The molecule has 0 aliphatic carbocycles. The fourth-order valence-corrected chi connectivity index (χ4v) is 3.33. The number of esters is 1. The molecule has 0 saturated carbocycles. The van der Waals surface area contributed by atoms with Gasteiger partial charge in [-0.15, -0.1) is 0 Å². The Labute approximate surface area is 166 Å². The fraction of sp³-hybridized carbons (Fsp3) is 0.304. The van der Waals surface area contributed by atoms with Crippen LogP contribution in [-0.2, 0) is 22.6 Å². The smallest absolute Gasteiger partial charge is 0.337 e. The van der Waals surface area contributed by atoms with Gasteiger partial charge in [0.05, 0.1) is 12.7 Å². The minimum absolute atomic E-state index is 0.145. The van der Waals surface area contributed by atoms with E-state index in [-0.39, 0.29) is 11.9 Å². The Bertz CT molecular complexity index is 837. The summed E-state index contributed by atoms with van der Waals surface area (Å²) in [6.45, 7) is 3.75. The molecule has 0 aromatic heterocycles. The lowest BCUT2D eigenvalue weighted by molar-refractivity contribution is -0.116. The van der Waals surface area contributed by atoms with E-state index in [1.54, 1.807) is 30.3 Å². The first-order chi connectivity index (χ1) is 13.7. The van der Waals surface area contributed by atoms with E-state index in [0.717, 1.165) is 30.8 Å². The average molecular weight is 378 g/mol. The van der Waals surface area contributed by atoms with Gasteiger partial charge in [-0.2, -0.15) is 0 Å². The SMILES string of the molecule is COC(=O)c1ccc(C=CC(=O)NCc2ccccc2CN2CCCC2)cc1. The highest BCUT2D eigenvalue weighted by Gasteiger charge is 2.13. The van der Waals surface area contributed by atoms with Crippen LogP contribution in [0.4, 0.5) is 0 Å². The van der Waals surface area contributed by atoms with Crippen molar-refractivity contribution in [3.05, 3.63) is 76.9 Å². The molecule has 1 aliphatic rings. The number of rotatable bonds is 7. The molecule has 0 atom stereocenters. The summed E-state index contributed by atoms with van der Waals surface area (Å²) < 4.78 is 4.68. The third kappa shape index (κ3) is 5.54. The number of hydrogen-bond donors (Lipinski definition) is 1. The van der Waals surface area contributed by atoms with Crippen molar-refractivity contribution in [1.29, 1.82) is 0 Å². The van der Waals surface area contributed by atoms with Gasteiger partial charge in [0.2, 0.25) is 5.91 Å². The van der Waals surface area contributed by atoms with Gasteiger partial charge in [0, 0.05) is 19.2 Å². The Morgan fingerprint density at radius 1 is 1.04 bits per heavy atom. The molecular weight excluding hydrogens is 352 g/mol. The molecule has 1 aliphatic heterocycles. The molecule has 5 heteroatoms. The van der Waals surface area contributed by atoms with Crippen molar-refractivity contribution in [2.24, 2.45) is 0 Å². The second-order valence-electron chi connectivity index (χ2n) is 6.92. The second-order valence-corrected chi connectivity index (χ2v) is 6.92. The number of benzene rings is 2. The summed E-state index contributed by atoms with van der Waals surface area (Å²) >= 11 is 0. The van der Waals surface area contributed by atoms with E-state index in [2.05, 4.69) is 33.2 Å². The van der Waals surface area contributed by atoms with Crippen molar-refractivity contribution >= 4 is 18.0 Å². The zero-order chi connectivity index (χ0) is 19.8. The van der Waals surface area contributed by atoms with Gasteiger partial charge in [0.15, 0.2) is 0 Å². The van der Waals surface area contributed by atoms with Gasteiger partial charge in [-0.1, -0.05) is 36.4 Å². The number of nitrogens with one attached hydrogen (secondary N) is 1. The molecule has 1 heterocycles. The van der Waals surface area contributed by atoms with Crippen LogP contribution in [-0.4, -0.2) is 37.0 Å². The number of nitrogens with zero attached hydrogens (tertiary/aromatic N) is 1. The molecule has 28 heavy (non-hydrogen) atoms. The monoisotopic (exact) mass is 378 g/mol. The van der Waals surface area contributed by atoms with Gasteiger partial charge in [-0.05, 0) is 60.8 Å². The Morgan fingerprint density at radius 2 is 1.71 bits per heavy atom. The van der Waals surface area contributed by atoms with Gasteiger partial charge in [0.1, 0.15) is 0 Å². The molecule has 0 bridgehead atoms. The zero-order valence-electron chi connectivity index (χ0n) is 16.2. The average Bonchev–Trinajstić information content (AvgIpc) is 3.24. The van der Waals surface area contributed by atoms with Crippen LogP contribution < -0.4 is 5.32 Å².